The van der Waals surface area contributed by atoms with Crippen molar-refractivity contribution >= 4 is 22.9 Å². The molecule has 0 unspecified atom stereocenters. The Balaban J connectivity index is 2.00. The van der Waals surface area contributed by atoms with Crippen LogP contribution in [0.15, 0.2) is 48.5 Å². The number of imidazole rings is 1. The lowest BCUT2D eigenvalue weighted by Crippen LogP contribution is -2.37. The summed E-state index contributed by atoms with van der Waals surface area (Å²) in [6.07, 6.45) is 0. The number of amides is 1. The molecule has 1 aliphatic rings. The molecule has 1 aliphatic heterocycles. The van der Waals surface area contributed by atoms with Gasteiger partial charge in [-0.25, -0.2) is 4.98 Å². The number of nitrogens with zero attached hydrogens (tertiary/aromatic N) is 3. The number of phenolic OH excluding ortho intramolecular Hbond substituents is 1. The van der Waals surface area contributed by atoms with Gasteiger partial charge < -0.3 is 9.67 Å². The first-order valence-electron chi connectivity index (χ1n) is 7.15. The van der Waals surface area contributed by atoms with Crippen LogP contribution in [0.4, 0.5) is 5.95 Å². The van der Waals surface area contributed by atoms with Gasteiger partial charge in [0.1, 0.15) is 5.75 Å². The van der Waals surface area contributed by atoms with E-state index in [4.69, 9.17) is 0 Å². The van der Waals surface area contributed by atoms with Crippen molar-refractivity contribution in [3.05, 3.63) is 54.1 Å². The van der Waals surface area contributed by atoms with Gasteiger partial charge in [0, 0.05) is 0 Å². The Labute approximate surface area is 131 Å². The van der Waals surface area contributed by atoms with Crippen molar-refractivity contribution < 1.29 is 9.90 Å². The average molecular weight is 304 g/mol. The topological polar surface area (TPSA) is 90.9 Å². The second kappa shape index (κ2) is 4.85. The molecule has 0 spiro atoms. The molecule has 0 bridgehead atoms. The molecule has 0 aliphatic carbocycles. The van der Waals surface area contributed by atoms with Crippen molar-refractivity contribution in [1.82, 2.24) is 9.55 Å². The predicted molar refractivity (Wildman–Crippen MR) is 83.7 cm³/mol. The van der Waals surface area contributed by atoms with Gasteiger partial charge in [-0.1, -0.05) is 24.3 Å². The Morgan fingerprint density at radius 1 is 1.17 bits per heavy atom. The number of carbonyl (C=O) groups is 1. The molecule has 1 amide bonds. The third kappa shape index (κ3) is 1.94. The minimum atomic E-state index is -0.871. The monoisotopic (exact) mass is 304 g/mol. The maximum atomic E-state index is 12.3. The first kappa shape index (κ1) is 13.3. The van der Waals surface area contributed by atoms with Gasteiger partial charge in [-0.2, -0.15) is 5.26 Å². The molecule has 2 N–H and O–H groups in total. The molecule has 6 nitrogen and oxygen atoms in total. The van der Waals surface area contributed by atoms with Gasteiger partial charge in [0.25, 0.3) is 0 Å². The Kier molecular flexibility index (Phi) is 2.81. The fraction of sp³-hybridized carbons (Fsp3) is 0.118. The number of phenols is 1. The fourth-order valence-electron chi connectivity index (χ4n) is 3.04. The van der Waals surface area contributed by atoms with Crippen molar-refractivity contribution in [2.24, 2.45) is 5.92 Å². The van der Waals surface area contributed by atoms with Crippen molar-refractivity contribution in [2.45, 2.75) is 6.04 Å². The van der Waals surface area contributed by atoms with E-state index < -0.39 is 12.0 Å². The van der Waals surface area contributed by atoms with Crippen LogP contribution < -0.4 is 5.32 Å². The van der Waals surface area contributed by atoms with Crippen LogP contribution in [-0.4, -0.2) is 20.6 Å². The number of para-hydroxylation sites is 2. The predicted octanol–water partition coefficient (Wildman–Crippen LogP) is 2.42. The number of aromatic nitrogens is 2. The van der Waals surface area contributed by atoms with Crippen molar-refractivity contribution in [3.8, 4) is 11.8 Å². The van der Waals surface area contributed by atoms with Crippen LogP contribution >= 0.6 is 0 Å². The van der Waals surface area contributed by atoms with Crippen LogP contribution in [0.5, 0.6) is 5.75 Å². The highest BCUT2D eigenvalue weighted by Crippen LogP contribution is 2.37. The highest BCUT2D eigenvalue weighted by Gasteiger charge is 2.38. The van der Waals surface area contributed by atoms with Crippen molar-refractivity contribution in [2.75, 3.05) is 5.32 Å². The minimum Gasteiger partial charge on any atom is -0.508 e. The van der Waals surface area contributed by atoms with Gasteiger partial charge in [-0.05, 0) is 29.8 Å². The number of hydrogen-bond donors (Lipinski definition) is 2. The van der Waals surface area contributed by atoms with E-state index in [0.29, 0.717) is 5.95 Å². The molecule has 0 radical (unpaired) electrons. The summed E-state index contributed by atoms with van der Waals surface area (Å²) in [6, 6.07) is 15.7. The number of hydrogen-bond acceptors (Lipinski definition) is 4. The highest BCUT2D eigenvalue weighted by molar-refractivity contribution is 5.97. The molecule has 2 aromatic carbocycles. The summed E-state index contributed by atoms with van der Waals surface area (Å²) in [6.45, 7) is 0. The lowest BCUT2D eigenvalue weighted by Gasteiger charge is -2.29. The number of nitrogens with one attached hydrogen (secondary N) is 1. The second-order valence-electron chi connectivity index (χ2n) is 5.43. The third-order valence-corrected chi connectivity index (χ3v) is 4.08. The van der Waals surface area contributed by atoms with Gasteiger partial charge in [0.15, 0.2) is 5.92 Å². The zero-order chi connectivity index (χ0) is 16.0. The normalized spacial score (nSPS) is 19.9. The molecule has 4 rings (SSSR count). The lowest BCUT2D eigenvalue weighted by atomic mass is 9.91. The van der Waals surface area contributed by atoms with E-state index in [0.717, 1.165) is 16.6 Å². The smallest absolute Gasteiger partial charge is 0.246 e. The molecular weight excluding hydrogens is 292 g/mol. The number of fused-ring (bicyclic) bond motifs is 3. The van der Waals surface area contributed by atoms with E-state index >= 15 is 0 Å². The fourth-order valence-corrected chi connectivity index (χ4v) is 3.04. The van der Waals surface area contributed by atoms with Crippen LogP contribution in [-0.2, 0) is 4.79 Å². The molecule has 2 heterocycles. The first-order chi connectivity index (χ1) is 11.2. The van der Waals surface area contributed by atoms with Gasteiger partial charge in [-0.3, -0.25) is 10.1 Å². The summed E-state index contributed by atoms with van der Waals surface area (Å²) in [7, 11) is 0. The molecule has 112 valence electrons. The Morgan fingerprint density at radius 3 is 2.65 bits per heavy atom. The zero-order valence-corrected chi connectivity index (χ0v) is 12.0. The Hall–Kier alpha value is -3.33. The standard InChI is InChI=1S/C17H12N4O2/c18-9-12-15(10-5-7-11(22)8-6-10)21-14-4-2-1-3-13(14)19-17(21)20-16(12)23/h1-8,12,15,22H,(H,19,20,23)/t12-,15-/m0/s1. The number of anilines is 1. The molecule has 0 fully saturated rings. The number of rotatable bonds is 1. The molecule has 2 atom stereocenters. The molecule has 6 heteroatoms. The van der Waals surface area contributed by atoms with E-state index in [-0.39, 0.29) is 11.7 Å². The summed E-state index contributed by atoms with van der Waals surface area (Å²) >= 11 is 0. The third-order valence-electron chi connectivity index (χ3n) is 4.08. The second-order valence-corrected chi connectivity index (χ2v) is 5.43. The SMILES string of the molecule is N#C[C@@H]1C(=O)Nc2nc3ccccc3n2[C@H]1c1ccc(O)cc1. The summed E-state index contributed by atoms with van der Waals surface area (Å²) in [4.78, 5) is 16.7. The summed E-state index contributed by atoms with van der Waals surface area (Å²) in [5.41, 5.74) is 2.37. The first-order valence-corrected chi connectivity index (χ1v) is 7.15. The van der Waals surface area contributed by atoms with Crippen LogP contribution in [0.2, 0.25) is 0 Å². The highest BCUT2D eigenvalue weighted by atomic mass is 16.3. The van der Waals surface area contributed by atoms with Crippen LogP contribution in [0.3, 0.4) is 0 Å². The quantitative estimate of drug-likeness (QED) is 0.722. The molecule has 0 saturated carbocycles. The number of aromatic hydroxyl groups is 1. The zero-order valence-electron chi connectivity index (χ0n) is 12.0. The largest absolute Gasteiger partial charge is 0.508 e. The van der Waals surface area contributed by atoms with E-state index in [1.807, 2.05) is 28.8 Å². The van der Waals surface area contributed by atoms with Crippen LogP contribution in [0.25, 0.3) is 11.0 Å². The molecule has 23 heavy (non-hydrogen) atoms. The van der Waals surface area contributed by atoms with E-state index in [1.54, 1.807) is 24.3 Å². The van der Waals surface area contributed by atoms with Gasteiger partial charge in [0.05, 0.1) is 23.1 Å². The van der Waals surface area contributed by atoms with E-state index in [2.05, 4.69) is 16.4 Å². The minimum absolute atomic E-state index is 0.137. The maximum absolute atomic E-state index is 12.3. The van der Waals surface area contributed by atoms with Crippen LogP contribution in [0.1, 0.15) is 11.6 Å². The summed E-state index contributed by atoms with van der Waals surface area (Å²) < 4.78 is 1.87. The van der Waals surface area contributed by atoms with Gasteiger partial charge >= 0.3 is 0 Å². The van der Waals surface area contributed by atoms with Gasteiger partial charge in [0.2, 0.25) is 11.9 Å². The summed E-state index contributed by atoms with van der Waals surface area (Å²) in [5, 5.41) is 21.7. The molecule has 1 aromatic heterocycles. The Bertz CT molecular complexity index is 953. The van der Waals surface area contributed by atoms with E-state index in [9.17, 15) is 15.2 Å². The molecule has 3 aromatic rings. The maximum Gasteiger partial charge on any atom is 0.246 e. The number of nitriles is 1. The summed E-state index contributed by atoms with van der Waals surface area (Å²) in [5.74, 6) is -0.669. The average Bonchev–Trinajstić information content (AvgIpc) is 2.92. The van der Waals surface area contributed by atoms with Gasteiger partial charge in [-0.15, -0.1) is 0 Å². The van der Waals surface area contributed by atoms with Crippen molar-refractivity contribution in [3.63, 3.8) is 0 Å². The van der Waals surface area contributed by atoms with Crippen LogP contribution in [0, 0.1) is 17.2 Å². The number of carbonyl (C=O) groups excluding carboxylic acids is 1. The van der Waals surface area contributed by atoms with E-state index in [1.165, 1.54) is 0 Å². The van der Waals surface area contributed by atoms with Crippen molar-refractivity contribution in [1.29, 1.82) is 5.26 Å². The molecular formula is C17H12N4O2. The molecule has 0 saturated heterocycles. The Morgan fingerprint density at radius 2 is 1.91 bits per heavy atom. The number of benzene rings is 2. The lowest BCUT2D eigenvalue weighted by molar-refractivity contribution is -0.119.